The minimum Gasteiger partial charge on any atom is -0.459 e. The van der Waals surface area contributed by atoms with E-state index in [1.165, 1.54) is 0 Å². The fraction of sp³-hybridized carbons (Fsp3) is 0.132. The van der Waals surface area contributed by atoms with Gasteiger partial charge in [-0.3, -0.25) is 14.4 Å². The first-order chi connectivity index (χ1) is 39.2. The van der Waals surface area contributed by atoms with E-state index >= 15 is 14.4 Å². The predicted octanol–water partition coefficient (Wildman–Crippen LogP) is 10.1. The fourth-order valence-corrected chi connectivity index (χ4v) is 10.7. The second kappa shape index (κ2) is 24.6. The SMILES string of the molecule is O=C(C[C@H](NC(=O)OCC1c2ccccc2-c2ccccc21)C(=O)N[C@H](C(=O)OCc1ccccc1)[C@H](O)C(=O)NC(c1ccccc1)(c1ccccc1)c1ccccc1)NC(c1ccccc1)(c1ccccc1)c1ccccc1. The third kappa shape index (κ3) is 11.4. The summed E-state index contributed by atoms with van der Waals surface area (Å²) in [5, 5.41) is 23.9. The van der Waals surface area contributed by atoms with Crippen LogP contribution in [-0.4, -0.2) is 59.7 Å². The molecule has 0 saturated heterocycles. The monoisotopic (exact) mass is 1060 g/mol. The van der Waals surface area contributed by atoms with E-state index in [0.717, 1.165) is 22.3 Å². The van der Waals surface area contributed by atoms with Crippen LogP contribution in [0.25, 0.3) is 11.1 Å². The Morgan fingerprint density at radius 2 is 0.787 bits per heavy atom. The number of aliphatic hydroxyl groups is 1. The molecule has 9 aromatic carbocycles. The maximum absolute atomic E-state index is 15.2. The average Bonchev–Trinajstić information content (AvgIpc) is 3.85. The molecule has 80 heavy (non-hydrogen) atoms. The lowest BCUT2D eigenvalue weighted by Crippen LogP contribution is -2.61. The lowest BCUT2D eigenvalue weighted by molar-refractivity contribution is -0.156. The molecule has 0 aromatic heterocycles. The molecule has 0 unspecified atom stereocenters. The Bertz CT molecular complexity index is 3320. The Morgan fingerprint density at radius 3 is 1.20 bits per heavy atom. The van der Waals surface area contributed by atoms with Crippen LogP contribution in [0.1, 0.15) is 62.4 Å². The third-order valence-corrected chi connectivity index (χ3v) is 14.6. The van der Waals surface area contributed by atoms with Crippen molar-refractivity contribution in [1.29, 1.82) is 0 Å². The summed E-state index contributed by atoms with van der Waals surface area (Å²) >= 11 is 0. The van der Waals surface area contributed by atoms with E-state index in [0.29, 0.717) is 38.9 Å². The van der Waals surface area contributed by atoms with Crippen molar-refractivity contribution in [3.8, 4) is 11.1 Å². The first-order valence-corrected chi connectivity index (χ1v) is 26.4. The van der Waals surface area contributed by atoms with Gasteiger partial charge >= 0.3 is 12.1 Å². The Balaban J connectivity index is 1.00. The van der Waals surface area contributed by atoms with Gasteiger partial charge in [0, 0.05) is 5.92 Å². The number of nitrogens with one attached hydrogen (secondary N) is 4. The van der Waals surface area contributed by atoms with Gasteiger partial charge in [0.05, 0.1) is 6.42 Å². The molecule has 3 atom stereocenters. The van der Waals surface area contributed by atoms with Crippen molar-refractivity contribution in [2.45, 2.75) is 48.2 Å². The highest BCUT2D eigenvalue weighted by molar-refractivity contribution is 5.97. The summed E-state index contributed by atoms with van der Waals surface area (Å²) in [5.74, 6) is -4.37. The summed E-state index contributed by atoms with van der Waals surface area (Å²) in [4.78, 5) is 74.3. The molecule has 5 N–H and O–H groups in total. The number of benzene rings is 9. The van der Waals surface area contributed by atoms with Crippen molar-refractivity contribution >= 4 is 29.8 Å². The van der Waals surface area contributed by atoms with Gasteiger partial charge in [-0.05, 0) is 61.2 Å². The number of esters is 1. The molecule has 0 radical (unpaired) electrons. The van der Waals surface area contributed by atoms with Gasteiger partial charge in [-0.15, -0.1) is 0 Å². The second-order valence-corrected chi connectivity index (χ2v) is 19.5. The lowest BCUT2D eigenvalue weighted by atomic mass is 9.76. The number of ether oxygens (including phenoxy) is 2. The topological polar surface area (TPSA) is 172 Å². The molecule has 4 amide bonds. The number of carbonyl (C=O) groups excluding carboxylic acids is 5. The number of rotatable bonds is 20. The first-order valence-electron chi connectivity index (χ1n) is 26.4. The zero-order valence-electron chi connectivity index (χ0n) is 43.6. The van der Waals surface area contributed by atoms with Crippen LogP contribution >= 0.6 is 0 Å². The van der Waals surface area contributed by atoms with Crippen molar-refractivity contribution in [3.05, 3.63) is 311 Å². The summed E-state index contributed by atoms with van der Waals surface area (Å²) in [6, 6.07) is 76.2. The van der Waals surface area contributed by atoms with E-state index < -0.39 is 65.5 Å². The van der Waals surface area contributed by atoms with Gasteiger partial charge in [0.15, 0.2) is 12.1 Å². The van der Waals surface area contributed by atoms with Crippen molar-refractivity contribution in [2.24, 2.45) is 0 Å². The lowest BCUT2D eigenvalue weighted by Gasteiger charge is -2.38. The third-order valence-electron chi connectivity index (χ3n) is 14.6. The van der Waals surface area contributed by atoms with Gasteiger partial charge in [-0.2, -0.15) is 0 Å². The van der Waals surface area contributed by atoms with Crippen molar-refractivity contribution in [3.63, 3.8) is 0 Å². The van der Waals surface area contributed by atoms with Gasteiger partial charge in [0.1, 0.15) is 30.3 Å². The van der Waals surface area contributed by atoms with Crippen LogP contribution in [0.15, 0.2) is 261 Å². The summed E-state index contributed by atoms with van der Waals surface area (Å²) in [6.45, 7) is -0.411. The second-order valence-electron chi connectivity index (χ2n) is 19.5. The molecule has 0 bridgehead atoms. The minimum absolute atomic E-state index is 0.126. The molecule has 10 rings (SSSR count). The summed E-state index contributed by atoms with van der Waals surface area (Å²) in [7, 11) is 0. The molecule has 0 saturated carbocycles. The van der Waals surface area contributed by atoms with Crippen molar-refractivity contribution < 1.29 is 38.6 Å². The molecule has 1 aliphatic rings. The molecular formula is C68H58N4O8. The number of hydrogen-bond acceptors (Lipinski definition) is 8. The van der Waals surface area contributed by atoms with Crippen LogP contribution in [0, 0.1) is 0 Å². The molecule has 0 heterocycles. The first kappa shape index (κ1) is 53.5. The van der Waals surface area contributed by atoms with Crippen LogP contribution in [0.5, 0.6) is 0 Å². The van der Waals surface area contributed by atoms with E-state index in [4.69, 9.17) is 9.47 Å². The number of amides is 4. The number of aliphatic hydroxyl groups excluding tert-OH is 1. The van der Waals surface area contributed by atoms with Crippen LogP contribution in [0.2, 0.25) is 0 Å². The van der Waals surface area contributed by atoms with Crippen LogP contribution in [0.4, 0.5) is 4.79 Å². The van der Waals surface area contributed by atoms with Crippen LogP contribution in [-0.2, 0) is 46.3 Å². The van der Waals surface area contributed by atoms with E-state index in [-0.39, 0.29) is 19.1 Å². The predicted molar refractivity (Wildman–Crippen MR) is 305 cm³/mol. The normalized spacial score (nSPS) is 13.0. The quantitative estimate of drug-likeness (QED) is 0.0371. The number of alkyl carbamates (subject to hydrolysis) is 1. The Labute approximate surface area is 464 Å². The highest BCUT2D eigenvalue weighted by Crippen LogP contribution is 2.45. The largest absolute Gasteiger partial charge is 0.459 e. The van der Waals surface area contributed by atoms with Crippen LogP contribution in [0.3, 0.4) is 0 Å². The van der Waals surface area contributed by atoms with Gasteiger partial charge < -0.3 is 35.8 Å². The van der Waals surface area contributed by atoms with Gasteiger partial charge in [-0.1, -0.05) is 261 Å². The smallest absolute Gasteiger partial charge is 0.407 e. The maximum atomic E-state index is 15.2. The maximum Gasteiger partial charge on any atom is 0.407 e. The van der Waals surface area contributed by atoms with E-state index in [2.05, 4.69) is 21.3 Å². The molecule has 398 valence electrons. The number of fused-ring (bicyclic) bond motifs is 3. The highest BCUT2D eigenvalue weighted by atomic mass is 16.5. The van der Waals surface area contributed by atoms with Crippen molar-refractivity contribution in [1.82, 2.24) is 21.3 Å². The van der Waals surface area contributed by atoms with Gasteiger partial charge in [0.2, 0.25) is 11.8 Å². The Hall–Kier alpha value is -9.91. The molecule has 0 aliphatic heterocycles. The summed E-state index contributed by atoms with van der Waals surface area (Å²) in [6.07, 6.45) is -4.07. The number of carbonyl (C=O) groups is 5. The van der Waals surface area contributed by atoms with E-state index in [1.807, 2.05) is 231 Å². The number of hydrogen-bond donors (Lipinski definition) is 5. The van der Waals surface area contributed by atoms with Gasteiger partial charge in [-0.25, -0.2) is 9.59 Å². The van der Waals surface area contributed by atoms with E-state index in [9.17, 15) is 14.7 Å². The molecular weight excluding hydrogens is 1000 g/mol. The Morgan fingerprint density at radius 1 is 0.425 bits per heavy atom. The average molecular weight is 1060 g/mol. The molecule has 0 fully saturated rings. The summed E-state index contributed by atoms with van der Waals surface area (Å²) < 4.78 is 11.7. The Kier molecular flexibility index (Phi) is 16.5. The molecule has 12 nitrogen and oxygen atoms in total. The van der Waals surface area contributed by atoms with Gasteiger partial charge in [0.25, 0.3) is 5.91 Å². The van der Waals surface area contributed by atoms with Crippen LogP contribution < -0.4 is 21.3 Å². The molecule has 9 aromatic rings. The highest BCUT2D eigenvalue weighted by Gasteiger charge is 2.45. The zero-order valence-corrected chi connectivity index (χ0v) is 43.6. The zero-order chi connectivity index (χ0) is 55.3. The summed E-state index contributed by atoms with van der Waals surface area (Å²) in [5.41, 5.74) is 5.71. The van der Waals surface area contributed by atoms with Crippen molar-refractivity contribution in [2.75, 3.05) is 6.61 Å². The molecule has 12 heteroatoms. The minimum atomic E-state index is -2.32. The molecule has 0 spiro atoms. The fourth-order valence-electron chi connectivity index (χ4n) is 10.7. The van der Waals surface area contributed by atoms with E-state index in [1.54, 1.807) is 30.3 Å². The molecule has 1 aliphatic carbocycles. The standard InChI is InChI=1S/C68H58N4O8/c73-60(71-67(48-28-10-2-11-29-48,49-30-12-3-13-31-49)50-32-14-4-15-33-50)44-59(69-66(78)80-46-58-56-42-24-22-40-54(56)55-41-23-25-43-57(55)58)63(75)70-61(65(77)79-45-47-26-8-1-9-27-47)62(74)64(76)72-68(51-34-16-5-17-35-51,52-36-18-6-19-37-52)53-38-20-7-21-39-53/h1-43,58-59,61-62,74H,44-46H2,(H,69,78)(H,70,75)(H,71,73)(H,72,76)/t59-,61-,62-/m0/s1.